The number of carbonyl (C=O) groups excluding carboxylic acids is 1. The third-order valence-corrected chi connectivity index (χ3v) is 3.54. The normalized spacial score (nSPS) is 51.5. The van der Waals surface area contributed by atoms with Crippen molar-refractivity contribution < 1.29 is 28.6 Å². The smallest absolute Gasteiger partial charge is 0.331 e. The Hall–Kier alpha value is 0.227. The molecule has 0 spiro atoms. The Labute approximate surface area is 78.5 Å². The quantitative estimate of drug-likeness (QED) is 0.343. The van der Waals surface area contributed by atoms with Crippen LogP contribution in [0.15, 0.2) is 0 Å². The van der Waals surface area contributed by atoms with Gasteiger partial charge in [-0.05, 0) is 0 Å². The van der Waals surface area contributed by atoms with Crippen molar-refractivity contribution in [3.63, 3.8) is 0 Å². The Kier molecular flexibility index (Phi) is 1.68. The summed E-state index contributed by atoms with van der Waals surface area (Å²) < 4.78 is 0. The maximum atomic E-state index is 11.4. The average molecular weight is 145 g/mol. The Balaban J connectivity index is 0.000000480. The van der Waals surface area contributed by atoms with Gasteiger partial charge in [-0.2, -0.15) is 0 Å². The number of carbonyl (C=O) groups is 1. The number of ketones is 1. The molecule has 0 aromatic carbocycles. The van der Waals surface area contributed by atoms with Gasteiger partial charge >= 0.3 is 18.9 Å². The summed E-state index contributed by atoms with van der Waals surface area (Å²) in [5.74, 6) is 1.55. The Morgan fingerprint density at radius 1 is 1.18 bits per heavy atom. The number of piperidine rings is 1. The second kappa shape index (κ2) is 2.36. The van der Waals surface area contributed by atoms with Gasteiger partial charge in [0, 0.05) is 12.8 Å². The van der Waals surface area contributed by atoms with Crippen LogP contribution in [0, 0.1) is 11.8 Å². The van der Waals surface area contributed by atoms with Crippen molar-refractivity contribution in [2.24, 2.45) is 11.8 Å². The second-order valence-corrected chi connectivity index (χ2v) is 4.03. The van der Waals surface area contributed by atoms with Crippen LogP contribution >= 0.6 is 0 Å². The fraction of sp³-hybridized carbons (Fsp3) is 0.875. The molecule has 0 aromatic rings. The van der Waals surface area contributed by atoms with Crippen molar-refractivity contribution in [3.05, 3.63) is 0 Å². The van der Waals surface area contributed by atoms with E-state index >= 15 is 0 Å². The zero-order valence-corrected chi connectivity index (χ0v) is 6.97. The number of Topliss-reactive ketones (excluding diaryl/α,β-unsaturated/α-hetero) is 1. The molecule has 0 aromatic heterocycles. The largest absolute Gasteiger partial charge is 1.00 e. The van der Waals surface area contributed by atoms with Gasteiger partial charge in [0.05, 0.1) is 31.0 Å². The second-order valence-electron chi connectivity index (χ2n) is 4.03. The number of hydrogen-bond donors (Lipinski definition) is 1. The van der Waals surface area contributed by atoms with Crippen molar-refractivity contribution in [1.29, 1.82) is 0 Å². The molecule has 2 nitrogen and oxygen atoms in total. The van der Waals surface area contributed by atoms with E-state index in [1.54, 1.807) is 4.90 Å². The first-order valence-electron chi connectivity index (χ1n) is 4.23. The van der Waals surface area contributed by atoms with Gasteiger partial charge in [0.1, 0.15) is 0 Å². The van der Waals surface area contributed by atoms with E-state index in [1.165, 1.54) is 25.9 Å². The molecule has 3 heteroatoms. The summed E-state index contributed by atoms with van der Waals surface area (Å²) in [6, 6.07) is 0.882. The van der Waals surface area contributed by atoms with Gasteiger partial charge in [0.15, 0.2) is 5.78 Å². The summed E-state index contributed by atoms with van der Waals surface area (Å²) in [5, 5.41) is 0. The maximum absolute atomic E-state index is 11.4. The van der Waals surface area contributed by atoms with Gasteiger partial charge in [0.25, 0.3) is 0 Å². The molecule has 54 valence electrons. The van der Waals surface area contributed by atoms with Crippen LogP contribution in [0.25, 0.3) is 0 Å². The van der Waals surface area contributed by atoms with Gasteiger partial charge in [-0.25, -0.2) is 0 Å². The van der Waals surface area contributed by atoms with Crippen molar-refractivity contribution in [2.45, 2.75) is 18.9 Å². The van der Waals surface area contributed by atoms with E-state index in [0.717, 1.165) is 6.04 Å². The number of nitrogens with one attached hydrogen (secondary N) is 1. The van der Waals surface area contributed by atoms with E-state index in [1.807, 2.05) is 0 Å². The Bertz CT molecular complexity index is 174. The van der Waals surface area contributed by atoms with Crippen molar-refractivity contribution >= 4 is 5.78 Å². The van der Waals surface area contributed by atoms with Crippen molar-refractivity contribution in [2.75, 3.05) is 13.1 Å². The Morgan fingerprint density at radius 3 is 2.18 bits per heavy atom. The van der Waals surface area contributed by atoms with Gasteiger partial charge in [0.2, 0.25) is 0 Å². The molecule has 1 aliphatic carbocycles. The number of hydrogen-bond acceptors (Lipinski definition) is 1. The average Bonchev–Trinajstić information content (AvgIpc) is 2.33. The minimum absolute atomic E-state index is 0. The minimum atomic E-state index is 0. The van der Waals surface area contributed by atoms with Crippen LogP contribution in [0.5, 0.6) is 0 Å². The molecule has 4 aliphatic rings. The molecule has 4 rings (SSSR count). The van der Waals surface area contributed by atoms with Gasteiger partial charge in [-0.3, -0.25) is 4.79 Å². The van der Waals surface area contributed by atoms with E-state index in [9.17, 15) is 4.79 Å². The third-order valence-electron chi connectivity index (χ3n) is 3.54. The van der Waals surface area contributed by atoms with Crippen LogP contribution < -0.4 is 23.8 Å². The van der Waals surface area contributed by atoms with Crippen LogP contribution in [-0.4, -0.2) is 24.9 Å². The monoisotopic (exact) mass is 145 g/mol. The van der Waals surface area contributed by atoms with E-state index in [4.69, 9.17) is 0 Å². The minimum Gasteiger partial charge on any atom is -0.331 e. The first-order chi connectivity index (χ1) is 4.84. The standard InChI is InChI=1S/C8H11NO.Li/c10-8-5-1-7-2-6(8)4-9(7)3-5;/h5-7H,1-4H2;/q;+1/p+1. The van der Waals surface area contributed by atoms with E-state index in [-0.39, 0.29) is 18.9 Å². The number of rotatable bonds is 0. The molecular weight excluding hydrogens is 133 g/mol. The van der Waals surface area contributed by atoms with Crippen molar-refractivity contribution in [3.8, 4) is 0 Å². The third kappa shape index (κ3) is 0.869. The predicted octanol–water partition coefficient (Wildman–Crippen LogP) is -4.13. The fourth-order valence-corrected chi connectivity index (χ4v) is 3.10. The SMILES string of the molecule is O=C1C2CC3CC1C[NH+]3C2.[Li+]. The van der Waals surface area contributed by atoms with Gasteiger partial charge in [-0.15, -0.1) is 0 Å². The van der Waals surface area contributed by atoms with Crippen LogP contribution in [0.3, 0.4) is 0 Å². The van der Waals surface area contributed by atoms with Gasteiger partial charge in [-0.1, -0.05) is 0 Å². The molecule has 3 heterocycles. The molecule has 1 N–H and O–H groups in total. The molecule has 1 saturated carbocycles. The first-order valence-corrected chi connectivity index (χ1v) is 4.23. The van der Waals surface area contributed by atoms with E-state index < -0.39 is 0 Å². The molecule has 0 amide bonds. The first kappa shape index (κ1) is 7.85. The summed E-state index contributed by atoms with van der Waals surface area (Å²) >= 11 is 0. The molecule has 3 aliphatic heterocycles. The zero-order chi connectivity index (χ0) is 6.72. The zero-order valence-electron chi connectivity index (χ0n) is 6.97. The molecule has 4 fully saturated rings. The van der Waals surface area contributed by atoms with Crippen LogP contribution in [0.1, 0.15) is 12.8 Å². The molecule has 0 radical (unpaired) electrons. The molecule has 4 bridgehead atoms. The fourth-order valence-electron chi connectivity index (χ4n) is 3.10. The van der Waals surface area contributed by atoms with E-state index in [0.29, 0.717) is 17.6 Å². The van der Waals surface area contributed by atoms with Gasteiger partial charge < -0.3 is 4.90 Å². The maximum Gasteiger partial charge on any atom is 1.00 e. The topological polar surface area (TPSA) is 21.5 Å². The van der Waals surface area contributed by atoms with Crippen LogP contribution in [0.4, 0.5) is 0 Å². The predicted molar refractivity (Wildman–Crippen MR) is 35.7 cm³/mol. The summed E-state index contributed by atoms with van der Waals surface area (Å²) in [6.45, 7) is 2.33. The van der Waals surface area contributed by atoms with Crippen molar-refractivity contribution in [1.82, 2.24) is 0 Å². The number of quaternary nitrogens is 1. The van der Waals surface area contributed by atoms with Crippen LogP contribution in [0.2, 0.25) is 0 Å². The molecule has 11 heavy (non-hydrogen) atoms. The van der Waals surface area contributed by atoms with Crippen LogP contribution in [-0.2, 0) is 4.79 Å². The summed E-state index contributed by atoms with van der Waals surface area (Å²) in [6.07, 6.45) is 2.43. The molecule has 2 atom stereocenters. The molecular formula is C8H12LiNO+2. The molecule has 2 unspecified atom stereocenters. The summed E-state index contributed by atoms with van der Waals surface area (Å²) in [4.78, 5) is 13.1. The summed E-state index contributed by atoms with van der Waals surface area (Å²) in [5.41, 5.74) is 0. The molecule has 3 saturated heterocycles. The van der Waals surface area contributed by atoms with E-state index in [2.05, 4.69) is 0 Å². The Morgan fingerprint density at radius 2 is 1.73 bits per heavy atom. The summed E-state index contributed by atoms with van der Waals surface area (Å²) in [7, 11) is 0.